The fourth-order valence-electron chi connectivity index (χ4n) is 3.72. The number of benzene rings is 1. The molecule has 1 saturated heterocycles. The van der Waals surface area contributed by atoms with Crippen molar-refractivity contribution in [2.45, 2.75) is 56.5 Å². The molecule has 0 radical (unpaired) electrons. The molecule has 11 heteroatoms. The zero-order chi connectivity index (χ0) is 22.9. The molecule has 0 unspecified atom stereocenters. The number of carboxylic acid groups (broad SMARTS) is 1. The number of ether oxygens (including phenoxy) is 1. The summed E-state index contributed by atoms with van der Waals surface area (Å²) in [5.74, 6) is -1.65. The summed E-state index contributed by atoms with van der Waals surface area (Å²) in [5, 5.41) is 52.7. The van der Waals surface area contributed by atoms with Crippen LogP contribution in [0.15, 0.2) is 24.4 Å². The molecule has 6 atom stereocenters. The quantitative estimate of drug-likeness (QED) is 0.333. The highest BCUT2D eigenvalue weighted by Crippen LogP contribution is 2.34. The van der Waals surface area contributed by atoms with Crippen LogP contribution in [0, 0.1) is 0 Å². The summed E-state index contributed by atoms with van der Waals surface area (Å²) < 4.78 is 7.12. The van der Waals surface area contributed by atoms with Crippen LogP contribution in [0.5, 0.6) is 0 Å². The number of hydrogen-bond donors (Lipinski definition) is 6. The number of nitrogens with zero attached hydrogens (tertiary/aromatic N) is 1. The van der Waals surface area contributed by atoms with Crippen LogP contribution < -0.4 is 5.32 Å². The second-order valence-corrected chi connectivity index (χ2v) is 7.92. The van der Waals surface area contributed by atoms with Crippen molar-refractivity contribution in [2.24, 2.45) is 0 Å². The van der Waals surface area contributed by atoms with E-state index in [9.17, 15) is 30.0 Å². The summed E-state index contributed by atoms with van der Waals surface area (Å²) in [6.07, 6.45) is -5.23. The first kappa shape index (κ1) is 23.5. The highest BCUT2D eigenvalue weighted by atomic mass is 35.5. The molecule has 1 aromatic carbocycles. The van der Waals surface area contributed by atoms with E-state index in [-0.39, 0.29) is 12.8 Å². The Hall–Kier alpha value is -2.21. The predicted octanol–water partition coefficient (Wildman–Crippen LogP) is -0.211. The van der Waals surface area contributed by atoms with Gasteiger partial charge in [-0.1, -0.05) is 18.5 Å². The lowest BCUT2D eigenvalue weighted by Crippen LogP contribution is -2.56. The summed E-state index contributed by atoms with van der Waals surface area (Å²) in [5.41, 5.74) is 1.02. The molecule has 0 bridgehead atoms. The highest BCUT2D eigenvalue weighted by molar-refractivity contribution is 6.31. The van der Waals surface area contributed by atoms with Gasteiger partial charge in [-0.2, -0.15) is 0 Å². The molecule has 1 aliphatic rings. The first-order valence-corrected chi connectivity index (χ1v) is 10.2. The Balaban J connectivity index is 1.97. The van der Waals surface area contributed by atoms with Crippen LogP contribution in [0.4, 0.5) is 0 Å². The predicted molar refractivity (Wildman–Crippen MR) is 110 cm³/mol. The highest BCUT2D eigenvalue weighted by Gasteiger charge is 2.44. The molecule has 31 heavy (non-hydrogen) atoms. The number of carbonyl (C=O) groups is 2. The zero-order valence-electron chi connectivity index (χ0n) is 16.7. The van der Waals surface area contributed by atoms with Gasteiger partial charge in [0.2, 0.25) is 5.91 Å². The van der Waals surface area contributed by atoms with Gasteiger partial charge >= 0.3 is 5.97 Å². The summed E-state index contributed by atoms with van der Waals surface area (Å²) in [4.78, 5) is 23.6. The second-order valence-electron chi connectivity index (χ2n) is 7.49. The Kier molecular flexibility index (Phi) is 7.20. The van der Waals surface area contributed by atoms with Gasteiger partial charge in [0.25, 0.3) is 0 Å². The fourth-order valence-corrected chi connectivity index (χ4v) is 3.89. The minimum absolute atomic E-state index is 0.162. The lowest BCUT2D eigenvalue weighted by Gasteiger charge is -2.40. The molecule has 0 saturated carbocycles. The molecule has 0 spiro atoms. The maximum atomic E-state index is 12.5. The molecule has 0 aliphatic carbocycles. The monoisotopic (exact) mass is 456 g/mol. The Morgan fingerprint density at radius 2 is 1.94 bits per heavy atom. The molecule has 1 aromatic heterocycles. The maximum Gasteiger partial charge on any atom is 0.326 e. The Morgan fingerprint density at radius 1 is 1.23 bits per heavy atom. The van der Waals surface area contributed by atoms with Crippen molar-refractivity contribution < 1.29 is 39.9 Å². The van der Waals surface area contributed by atoms with E-state index >= 15 is 0 Å². The number of carboxylic acids is 1. The molecular formula is C20H25ClN2O8. The van der Waals surface area contributed by atoms with Gasteiger partial charge in [-0.3, -0.25) is 4.79 Å². The fraction of sp³-hybridized carbons (Fsp3) is 0.500. The number of aromatic nitrogens is 1. The van der Waals surface area contributed by atoms with Crippen molar-refractivity contribution in [3.05, 3.63) is 35.0 Å². The molecule has 2 aromatic rings. The van der Waals surface area contributed by atoms with Crippen LogP contribution in [0.1, 0.15) is 25.1 Å². The average molecular weight is 457 g/mol. The lowest BCUT2D eigenvalue weighted by atomic mass is 9.98. The van der Waals surface area contributed by atoms with Gasteiger partial charge in [0.1, 0.15) is 30.5 Å². The average Bonchev–Trinajstić information content (AvgIpc) is 3.07. The number of aliphatic carboxylic acids is 1. The van der Waals surface area contributed by atoms with Crippen molar-refractivity contribution in [3.8, 4) is 0 Å². The Morgan fingerprint density at radius 3 is 2.55 bits per heavy atom. The smallest absolute Gasteiger partial charge is 0.326 e. The van der Waals surface area contributed by atoms with Gasteiger partial charge in [-0.25, -0.2) is 4.79 Å². The second kappa shape index (κ2) is 9.51. The third-order valence-electron chi connectivity index (χ3n) is 5.41. The SMILES string of the molecule is CC[C@@H](NC(=O)Cc1cn([C@@H]2O[C@H](CO)[C@@H](O)[C@H](O)[C@H]2O)c2ccc(Cl)cc12)C(=O)O. The van der Waals surface area contributed by atoms with E-state index in [1.807, 2.05) is 0 Å². The zero-order valence-corrected chi connectivity index (χ0v) is 17.4. The van der Waals surface area contributed by atoms with Gasteiger partial charge < -0.3 is 40.2 Å². The maximum absolute atomic E-state index is 12.5. The summed E-state index contributed by atoms with van der Waals surface area (Å²) in [6, 6.07) is 3.85. The number of aliphatic hydroxyl groups excluding tert-OH is 4. The van der Waals surface area contributed by atoms with E-state index in [4.69, 9.17) is 21.4 Å². The third-order valence-corrected chi connectivity index (χ3v) is 5.65. The van der Waals surface area contributed by atoms with Crippen LogP contribution in [0.25, 0.3) is 10.9 Å². The Labute approximate surface area is 182 Å². The summed E-state index contributed by atoms with van der Waals surface area (Å²) in [7, 11) is 0. The molecule has 6 N–H and O–H groups in total. The van der Waals surface area contributed by atoms with Gasteiger partial charge in [0, 0.05) is 16.6 Å². The van der Waals surface area contributed by atoms with E-state index in [0.717, 1.165) is 0 Å². The number of hydrogen-bond acceptors (Lipinski definition) is 7. The molecule has 2 heterocycles. The van der Waals surface area contributed by atoms with Crippen LogP contribution in [0.3, 0.4) is 0 Å². The van der Waals surface area contributed by atoms with Crippen molar-refractivity contribution in [1.29, 1.82) is 0 Å². The van der Waals surface area contributed by atoms with E-state index in [0.29, 0.717) is 21.5 Å². The molecule has 1 amide bonds. The third kappa shape index (κ3) is 4.69. The van der Waals surface area contributed by atoms with Gasteiger partial charge in [-0.15, -0.1) is 0 Å². The summed E-state index contributed by atoms with van der Waals surface area (Å²) in [6.45, 7) is 1.07. The topological polar surface area (TPSA) is 161 Å². The van der Waals surface area contributed by atoms with Crippen molar-refractivity contribution in [2.75, 3.05) is 6.61 Å². The number of rotatable bonds is 7. The first-order chi connectivity index (χ1) is 14.7. The van der Waals surface area contributed by atoms with Gasteiger partial charge in [0.05, 0.1) is 18.5 Å². The van der Waals surface area contributed by atoms with E-state index in [1.54, 1.807) is 25.1 Å². The standard InChI is InChI=1S/C20H25ClN2O8/c1-2-12(20(29)30)22-15(25)5-9-7-23(13-4-3-10(21)6-11(9)13)19-18(28)17(27)16(26)14(8-24)31-19/h3-4,6-7,12,14,16-19,24,26-28H,2,5,8H2,1H3,(H,22,25)(H,29,30)/t12-,14-,16-,17+,18-,19-/m1/s1. The van der Waals surface area contributed by atoms with Crippen LogP contribution in [0.2, 0.25) is 5.02 Å². The van der Waals surface area contributed by atoms with Gasteiger partial charge in [0.15, 0.2) is 6.23 Å². The van der Waals surface area contributed by atoms with Crippen LogP contribution >= 0.6 is 11.6 Å². The normalized spacial score (nSPS) is 27.2. The minimum Gasteiger partial charge on any atom is -0.480 e. The molecule has 170 valence electrons. The lowest BCUT2D eigenvalue weighted by molar-refractivity contribution is -0.250. The van der Waals surface area contributed by atoms with Crippen molar-refractivity contribution in [3.63, 3.8) is 0 Å². The summed E-state index contributed by atoms with van der Waals surface area (Å²) >= 11 is 6.11. The Bertz CT molecular complexity index is 962. The molecule has 10 nitrogen and oxygen atoms in total. The number of nitrogens with one attached hydrogen (secondary N) is 1. The van der Waals surface area contributed by atoms with Crippen LogP contribution in [-0.4, -0.2) is 79.0 Å². The van der Waals surface area contributed by atoms with Gasteiger partial charge in [-0.05, 0) is 30.2 Å². The molecule has 1 fully saturated rings. The van der Waals surface area contributed by atoms with Crippen molar-refractivity contribution >= 4 is 34.4 Å². The number of carbonyl (C=O) groups excluding carboxylic acids is 1. The number of halogens is 1. The molecular weight excluding hydrogens is 432 g/mol. The van der Waals surface area contributed by atoms with E-state index in [2.05, 4.69) is 5.32 Å². The molecule has 3 rings (SSSR count). The van der Waals surface area contributed by atoms with E-state index < -0.39 is 55.2 Å². The largest absolute Gasteiger partial charge is 0.480 e. The first-order valence-electron chi connectivity index (χ1n) is 9.79. The number of aliphatic hydroxyl groups is 4. The molecule has 1 aliphatic heterocycles. The van der Waals surface area contributed by atoms with Crippen molar-refractivity contribution in [1.82, 2.24) is 9.88 Å². The number of fused-ring (bicyclic) bond motifs is 1. The number of amides is 1. The minimum atomic E-state index is -1.56. The van der Waals surface area contributed by atoms with Crippen LogP contribution in [-0.2, 0) is 20.7 Å². The van der Waals surface area contributed by atoms with E-state index in [1.165, 1.54) is 10.8 Å².